The fourth-order valence-corrected chi connectivity index (χ4v) is 6.47. The van der Waals surface area contributed by atoms with Crippen molar-refractivity contribution in [3.8, 4) is 0 Å². The van der Waals surface area contributed by atoms with Crippen molar-refractivity contribution in [3.63, 3.8) is 0 Å². The Labute approximate surface area is 288 Å². The average molecular weight is 643 g/mol. The minimum absolute atomic E-state index is 0.231. The molecule has 1 rings (SSSR count). The Balaban J connectivity index is 2.18. The lowest BCUT2D eigenvalue weighted by molar-refractivity contribution is -0.873. The Kier molecular flexibility index (Phi) is 27.9. The van der Waals surface area contributed by atoms with Crippen LogP contribution in [0.5, 0.6) is 0 Å². The van der Waals surface area contributed by atoms with Gasteiger partial charge in [0, 0.05) is 12.8 Å². The first-order valence-corrected chi connectivity index (χ1v) is 20.1. The summed E-state index contributed by atoms with van der Waals surface area (Å²) in [6.45, 7) is 6.32. The standard InChI is InChI=1S/C43H80NO2/c1-6-8-10-12-14-16-18-20-22-24-26-28-30-32-34-36-38-43(45-41-42(46-43)40-44(3,4)5)39-37-35-33-31-29-27-25-23-21-19-17-15-13-11-9-7-2/h14-17,20-23,42H,6-13,18-19,24-41H2,1-5H3/q+1/b16-14-,17-15-,22-20-,23-21-. The number of hydrogen-bond acceptors (Lipinski definition) is 2. The summed E-state index contributed by atoms with van der Waals surface area (Å²) in [7, 11) is 6.77. The van der Waals surface area contributed by atoms with Gasteiger partial charge in [0.25, 0.3) is 0 Å². The number of quaternary nitrogens is 1. The molecule has 1 fully saturated rings. The van der Waals surface area contributed by atoms with E-state index in [1.54, 1.807) is 0 Å². The van der Waals surface area contributed by atoms with Gasteiger partial charge >= 0.3 is 0 Å². The third-order valence-electron chi connectivity index (χ3n) is 9.18. The van der Waals surface area contributed by atoms with Crippen molar-refractivity contribution in [2.75, 3.05) is 34.3 Å². The molecule has 46 heavy (non-hydrogen) atoms. The Morgan fingerprint density at radius 2 is 0.870 bits per heavy atom. The molecule has 3 nitrogen and oxygen atoms in total. The van der Waals surface area contributed by atoms with Crippen LogP contribution in [0, 0.1) is 0 Å². The number of allylic oxidation sites excluding steroid dienone is 8. The summed E-state index contributed by atoms with van der Waals surface area (Å²) < 4.78 is 14.1. The lowest BCUT2D eigenvalue weighted by Gasteiger charge is -2.30. The Morgan fingerprint density at radius 1 is 0.500 bits per heavy atom. The van der Waals surface area contributed by atoms with Crippen LogP contribution in [0.25, 0.3) is 0 Å². The second kappa shape index (κ2) is 29.9. The molecular formula is C43H80NO2+. The van der Waals surface area contributed by atoms with Crippen LogP contribution in [0.2, 0.25) is 0 Å². The molecule has 1 unspecified atom stereocenters. The second-order valence-electron chi connectivity index (χ2n) is 15.1. The average Bonchev–Trinajstić information content (AvgIpc) is 3.41. The maximum atomic E-state index is 6.71. The van der Waals surface area contributed by atoms with Crippen LogP contribution < -0.4 is 0 Å². The normalized spacial score (nSPS) is 17.2. The van der Waals surface area contributed by atoms with Crippen molar-refractivity contribution in [2.24, 2.45) is 0 Å². The molecule has 0 aliphatic carbocycles. The number of unbranched alkanes of at least 4 members (excludes halogenated alkanes) is 18. The van der Waals surface area contributed by atoms with Crippen LogP contribution in [-0.4, -0.2) is 50.7 Å². The van der Waals surface area contributed by atoms with Gasteiger partial charge in [-0.3, -0.25) is 0 Å². The number of likely N-dealkylation sites (N-methyl/N-ethyl adjacent to an activating group) is 1. The number of nitrogens with zero attached hydrogens (tertiary/aromatic N) is 1. The molecule has 0 spiro atoms. The Hall–Kier alpha value is -1.16. The zero-order valence-corrected chi connectivity index (χ0v) is 31.8. The third kappa shape index (κ3) is 26.9. The van der Waals surface area contributed by atoms with Crippen molar-refractivity contribution >= 4 is 0 Å². The molecule has 1 heterocycles. The minimum Gasteiger partial charge on any atom is -0.347 e. The lowest BCUT2D eigenvalue weighted by Crippen LogP contribution is -2.43. The smallest absolute Gasteiger partial charge is 0.169 e. The van der Waals surface area contributed by atoms with Crippen LogP contribution in [0.1, 0.15) is 181 Å². The molecule has 1 aliphatic rings. The molecule has 0 aromatic heterocycles. The van der Waals surface area contributed by atoms with Gasteiger partial charge < -0.3 is 14.0 Å². The van der Waals surface area contributed by atoms with Gasteiger partial charge in [-0.15, -0.1) is 0 Å². The maximum Gasteiger partial charge on any atom is 0.169 e. The molecule has 0 radical (unpaired) electrons. The van der Waals surface area contributed by atoms with E-state index in [2.05, 4.69) is 83.6 Å². The van der Waals surface area contributed by atoms with Gasteiger partial charge in [-0.2, -0.15) is 0 Å². The zero-order chi connectivity index (χ0) is 33.4. The molecule has 0 N–H and O–H groups in total. The topological polar surface area (TPSA) is 18.5 Å². The third-order valence-corrected chi connectivity index (χ3v) is 9.18. The van der Waals surface area contributed by atoms with E-state index in [-0.39, 0.29) is 11.9 Å². The highest BCUT2D eigenvalue weighted by Gasteiger charge is 2.42. The highest BCUT2D eigenvalue weighted by molar-refractivity contribution is 4.93. The first kappa shape index (κ1) is 42.9. The largest absolute Gasteiger partial charge is 0.347 e. The van der Waals surface area contributed by atoms with Crippen molar-refractivity contribution < 1.29 is 14.0 Å². The first-order chi connectivity index (χ1) is 22.4. The summed E-state index contributed by atoms with van der Waals surface area (Å²) in [5, 5.41) is 0. The van der Waals surface area contributed by atoms with E-state index in [1.807, 2.05) is 0 Å². The summed E-state index contributed by atoms with van der Waals surface area (Å²) in [5.74, 6) is -0.329. The fourth-order valence-electron chi connectivity index (χ4n) is 6.47. The summed E-state index contributed by atoms with van der Waals surface area (Å²) >= 11 is 0. The molecule has 3 heteroatoms. The first-order valence-electron chi connectivity index (χ1n) is 20.1. The van der Waals surface area contributed by atoms with Crippen LogP contribution in [-0.2, 0) is 9.47 Å². The second-order valence-corrected chi connectivity index (χ2v) is 15.1. The van der Waals surface area contributed by atoms with E-state index in [9.17, 15) is 0 Å². The van der Waals surface area contributed by atoms with Crippen molar-refractivity contribution in [2.45, 2.75) is 193 Å². The molecule has 1 atom stereocenters. The van der Waals surface area contributed by atoms with Gasteiger partial charge in [0.1, 0.15) is 12.6 Å². The van der Waals surface area contributed by atoms with Gasteiger partial charge in [0.05, 0.1) is 27.7 Å². The Bertz CT molecular complexity index is 726. The van der Waals surface area contributed by atoms with E-state index >= 15 is 0 Å². The molecule has 1 saturated heterocycles. The van der Waals surface area contributed by atoms with Crippen LogP contribution in [0.15, 0.2) is 48.6 Å². The molecular weight excluding hydrogens is 562 g/mol. The molecule has 0 aromatic carbocycles. The number of hydrogen-bond donors (Lipinski definition) is 0. The van der Waals surface area contributed by atoms with Crippen LogP contribution in [0.4, 0.5) is 0 Å². The van der Waals surface area contributed by atoms with Crippen molar-refractivity contribution in [3.05, 3.63) is 48.6 Å². The van der Waals surface area contributed by atoms with Crippen LogP contribution >= 0.6 is 0 Å². The highest BCUT2D eigenvalue weighted by Crippen LogP contribution is 2.35. The number of rotatable bonds is 32. The molecule has 0 aromatic rings. The monoisotopic (exact) mass is 643 g/mol. The van der Waals surface area contributed by atoms with Gasteiger partial charge in [-0.05, 0) is 77.0 Å². The molecule has 268 valence electrons. The quantitative estimate of drug-likeness (QED) is 0.0413. The maximum absolute atomic E-state index is 6.71. The summed E-state index contributed by atoms with van der Waals surface area (Å²) in [4.78, 5) is 0. The number of ether oxygens (including phenoxy) is 2. The predicted octanol–water partition coefficient (Wildman–Crippen LogP) is 13.2. The molecule has 0 saturated carbocycles. The minimum atomic E-state index is -0.329. The van der Waals surface area contributed by atoms with Gasteiger partial charge in [-0.25, -0.2) is 0 Å². The van der Waals surface area contributed by atoms with Gasteiger partial charge in [-0.1, -0.05) is 140 Å². The molecule has 0 amide bonds. The van der Waals surface area contributed by atoms with Crippen molar-refractivity contribution in [1.82, 2.24) is 0 Å². The van der Waals surface area contributed by atoms with E-state index in [1.165, 1.54) is 141 Å². The van der Waals surface area contributed by atoms with Crippen molar-refractivity contribution in [1.29, 1.82) is 0 Å². The SMILES string of the molecule is CCCCC/C=C\C/C=C\CCCCCCCCC1(CCCCCCCC/C=C\C/C=C\CCCCC)OCC(C[N+](C)(C)C)O1. The van der Waals surface area contributed by atoms with Crippen LogP contribution in [0.3, 0.4) is 0 Å². The fraction of sp³-hybridized carbons (Fsp3) is 0.814. The summed E-state index contributed by atoms with van der Waals surface area (Å²) in [6.07, 6.45) is 52.2. The predicted molar refractivity (Wildman–Crippen MR) is 204 cm³/mol. The molecule has 0 bridgehead atoms. The Morgan fingerprint density at radius 3 is 1.26 bits per heavy atom. The molecule has 1 aliphatic heterocycles. The van der Waals surface area contributed by atoms with E-state index in [0.29, 0.717) is 0 Å². The van der Waals surface area contributed by atoms with E-state index in [4.69, 9.17) is 9.47 Å². The highest BCUT2D eigenvalue weighted by atomic mass is 16.7. The van der Waals surface area contributed by atoms with Gasteiger partial charge in [0.2, 0.25) is 0 Å². The summed E-state index contributed by atoms with van der Waals surface area (Å²) in [6, 6.07) is 0. The summed E-state index contributed by atoms with van der Waals surface area (Å²) in [5.41, 5.74) is 0. The zero-order valence-electron chi connectivity index (χ0n) is 31.8. The lowest BCUT2D eigenvalue weighted by atomic mass is 9.98. The van der Waals surface area contributed by atoms with E-state index < -0.39 is 0 Å². The van der Waals surface area contributed by atoms with Gasteiger partial charge in [0.15, 0.2) is 5.79 Å². The van der Waals surface area contributed by atoms with E-state index in [0.717, 1.165) is 43.3 Å².